The van der Waals surface area contributed by atoms with Crippen molar-refractivity contribution in [3.05, 3.63) is 66.1 Å². The van der Waals surface area contributed by atoms with E-state index >= 15 is 0 Å². The molecular weight excluding hydrogens is 349 g/mol. The number of nitrogens with one attached hydrogen (secondary N) is 1. The van der Waals surface area contributed by atoms with Crippen LogP contribution in [0.5, 0.6) is 0 Å². The first-order valence-corrected chi connectivity index (χ1v) is 9.03. The fourth-order valence-electron chi connectivity index (χ4n) is 2.81. The highest BCUT2D eigenvalue weighted by Gasteiger charge is 2.15. The Hall–Kier alpha value is -2.93. The van der Waals surface area contributed by atoms with Crippen molar-refractivity contribution in [1.29, 1.82) is 0 Å². The molecule has 0 bridgehead atoms. The molecule has 0 radical (unpaired) electrons. The van der Waals surface area contributed by atoms with Gasteiger partial charge in [-0.15, -0.1) is 5.10 Å². The van der Waals surface area contributed by atoms with Crippen LogP contribution in [0, 0.1) is 5.82 Å². The van der Waals surface area contributed by atoms with Gasteiger partial charge < -0.3 is 10.2 Å². The SMILES string of the molecule is CN(C)c1ccccc1-c1cnc2sc(NCc3ccc(F)cc3)nn12. The number of hydrogen-bond acceptors (Lipinski definition) is 5. The van der Waals surface area contributed by atoms with Crippen molar-refractivity contribution in [2.75, 3.05) is 24.3 Å². The van der Waals surface area contributed by atoms with Crippen molar-refractivity contribution in [3.8, 4) is 11.3 Å². The molecule has 5 nitrogen and oxygen atoms in total. The zero-order valence-electron chi connectivity index (χ0n) is 14.5. The van der Waals surface area contributed by atoms with Crippen molar-refractivity contribution in [2.24, 2.45) is 0 Å². The Bertz CT molecular complexity index is 1040. The van der Waals surface area contributed by atoms with Crippen molar-refractivity contribution in [3.63, 3.8) is 0 Å². The highest BCUT2D eigenvalue weighted by molar-refractivity contribution is 7.20. The van der Waals surface area contributed by atoms with E-state index in [9.17, 15) is 4.39 Å². The summed E-state index contributed by atoms with van der Waals surface area (Å²) in [6.07, 6.45) is 1.85. The molecule has 0 unspecified atom stereocenters. The number of imidazole rings is 1. The first kappa shape index (κ1) is 16.5. The predicted molar refractivity (Wildman–Crippen MR) is 104 cm³/mol. The molecule has 4 aromatic rings. The number of anilines is 2. The molecule has 0 amide bonds. The lowest BCUT2D eigenvalue weighted by Crippen LogP contribution is -2.10. The summed E-state index contributed by atoms with van der Waals surface area (Å²) in [5.41, 5.74) is 4.15. The van der Waals surface area contributed by atoms with E-state index in [2.05, 4.69) is 32.4 Å². The second kappa shape index (κ2) is 6.76. The van der Waals surface area contributed by atoms with Gasteiger partial charge in [-0.25, -0.2) is 13.9 Å². The summed E-state index contributed by atoms with van der Waals surface area (Å²) < 4.78 is 14.9. The van der Waals surface area contributed by atoms with Crippen LogP contribution >= 0.6 is 11.3 Å². The van der Waals surface area contributed by atoms with E-state index in [1.54, 1.807) is 12.1 Å². The Morgan fingerprint density at radius 2 is 1.88 bits per heavy atom. The molecule has 2 aromatic carbocycles. The molecule has 0 aliphatic rings. The maximum atomic E-state index is 13.0. The van der Waals surface area contributed by atoms with E-state index < -0.39 is 0 Å². The second-order valence-corrected chi connectivity index (χ2v) is 7.09. The van der Waals surface area contributed by atoms with Crippen molar-refractivity contribution < 1.29 is 4.39 Å². The monoisotopic (exact) mass is 367 g/mol. The average Bonchev–Trinajstić information content (AvgIpc) is 3.21. The largest absolute Gasteiger partial charge is 0.377 e. The maximum Gasteiger partial charge on any atom is 0.214 e. The number of fused-ring (bicyclic) bond motifs is 1. The Morgan fingerprint density at radius 1 is 1.12 bits per heavy atom. The molecule has 0 saturated heterocycles. The maximum absolute atomic E-state index is 13.0. The van der Waals surface area contributed by atoms with Crippen LogP contribution in [0.3, 0.4) is 0 Å². The van der Waals surface area contributed by atoms with Crippen LogP contribution in [0.25, 0.3) is 16.2 Å². The fourth-order valence-corrected chi connectivity index (χ4v) is 3.58. The standard InChI is InChI=1S/C19H18FN5S/c1-24(2)16-6-4-3-5-15(16)17-12-22-19-25(17)23-18(26-19)21-11-13-7-9-14(20)10-8-13/h3-10,12H,11H2,1-2H3,(H,21,23). The molecule has 0 aliphatic carbocycles. The van der Waals surface area contributed by atoms with Crippen LogP contribution in [-0.4, -0.2) is 28.7 Å². The van der Waals surface area contributed by atoms with E-state index in [1.165, 1.54) is 23.5 Å². The summed E-state index contributed by atoms with van der Waals surface area (Å²) in [7, 11) is 4.04. The Morgan fingerprint density at radius 3 is 2.65 bits per heavy atom. The quantitative estimate of drug-likeness (QED) is 0.572. The third-order valence-corrected chi connectivity index (χ3v) is 4.98. The van der Waals surface area contributed by atoms with Gasteiger partial charge in [0.1, 0.15) is 5.82 Å². The summed E-state index contributed by atoms with van der Waals surface area (Å²) in [6.45, 7) is 0.584. The molecule has 0 aliphatic heterocycles. The van der Waals surface area contributed by atoms with E-state index in [0.717, 1.165) is 32.6 Å². The van der Waals surface area contributed by atoms with Gasteiger partial charge in [-0.2, -0.15) is 0 Å². The van der Waals surface area contributed by atoms with Crippen LogP contribution in [0.4, 0.5) is 15.2 Å². The van der Waals surface area contributed by atoms with Gasteiger partial charge in [0.05, 0.1) is 11.9 Å². The van der Waals surface area contributed by atoms with E-state index in [-0.39, 0.29) is 5.82 Å². The van der Waals surface area contributed by atoms with Crippen LogP contribution in [0.2, 0.25) is 0 Å². The van der Waals surface area contributed by atoms with Gasteiger partial charge >= 0.3 is 0 Å². The average molecular weight is 367 g/mol. The molecule has 2 aromatic heterocycles. The van der Waals surface area contributed by atoms with E-state index in [0.29, 0.717) is 6.54 Å². The summed E-state index contributed by atoms with van der Waals surface area (Å²) in [5, 5.41) is 8.72. The number of rotatable bonds is 5. The topological polar surface area (TPSA) is 45.5 Å². The first-order chi connectivity index (χ1) is 12.6. The fraction of sp³-hybridized carbons (Fsp3) is 0.158. The minimum absolute atomic E-state index is 0.231. The molecular formula is C19H18FN5S. The lowest BCUT2D eigenvalue weighted by atomic mass is 10.1. The smallest absolute Gasteiger partial charge is 0.214 e. The summed E-state index contributed by atoms with van der Waals surface area (Å²) in [5.74, 6) is -0.231. The molecule has 0 saturated carbocycles. The third kappa shape index (κ3) is 3.13. The van der Waals surface area contributed by atoms with Crippen molar-refractivity contribution >= 4 is 27.1 Å². The van der Waals surface area contributed by atoms with Crippen LogP contribution in [-0.2, 0) is 6.54 Å². The van der Waals surface area contributed by atoms with E-state index in [1.807, 2.05) is 36.9 Å². The lowest BCUT2D eigenvalue weighted by molar-refractivity contribution is 0.627. The minimum atomic E-state index is -0.231. The summed E-state index contributed by atoms with van der Waals surface area (Å²) in [4.78, 5) is 7.40. The summed E-state index contributed by atoms with van der Waals surface area (Å²) in [6, 6.07) is 14.6. The van der Waals surface area contributed by atoms with Crippen LogP contribution in [0.1, 0.15) is 5.56 Å². The number of halogens is 1. The van der Waals surface area contributed by atoms with Gasteiger partial charge in [0.25, 0.3) is 0 Å². The predicted octanol–water partition coefficient (Wildman–Crippen LogP) is 4.28. The zero-order valence-corrected chi connectivity index (χ0v) is 15.3. The lowest BCUT2D eigenvalue weighted by Gasteiger charge is -2.16. The highest BCUT2D eigenvalue weighted by atomic mass is 32.1. The number of benzene rings is 2. The molecule has 4 rings (SSSR count). The van der Waals surface area contributed by atoms with Crippen molar-refractivity contribution in [1.82, 2.24) is 14.6 Å². The second-order valence-electron chi connectivity index (χ2n) is 6.14. The van der Waals surface area contributed by atoms with Crippen LogP contribution < -0.4 is 10.2 Å². The minimum Gasteiger partial charge on any atom is -0.377 e. The number of para-hydroxylation sites is 1. The summed E-state index contributed by atoms with van der Waals surface area (Å²) >= 11 is 1.49. The van der Waals surface area contributed by atoms with Gasteiger partial charge in [-0.3, -0.25) is 0 Å². The van der Waals surface area contributed by atoms with Gasteiger partial charge in [-0.05, 0) is 23.8 Å². The third-order valence-electron chi connectivity index (χ3n) is 4.10. The first-order valence-electron chi connectivity index (χ1n) is 8.21. The van der Waals surface area contributed by atoms with Crippen LogP contribution in [0.15, 0.2) is 54.7 Å². The normalized spacial score (nSPS) is 11.0. The van der Waals surface area contributed by atoms with Gasteiger partial charge in [0, 0.05) is 31.9 Å². The molecule has 1 N–H and O–H groups in total. The molecule has 2 heterocycles. The molecule has 7 heteroatoms. The Labute approximate surface area is 154 Å². The van der Waals surface area contributed by atoms with Gasteiger partial charge in [0.15, 0.2) is 0 Å². The zero-order chi connectivity index (χ0) is 18.1. The molecule has 0 fully saturated rings. The number of aromatic nitrogens is 3. The Balaban J connectivity index is 1.62. The molecule has 132 valence electrons. The highest BCUT2D eigenvalue weighted by Crippen LogP contribution is 2.32. The number of hydrogen-bond donors (Lipinski definition) is 1. The molecule has 26 heavy (non-hydrogen) atoms. The molecule has 0 atom stereocenters. The number of nitrogens with zero attached hydrogens (tertiary/aromatic N) is 4. The Kier molecular flexibility index (Phi) is 4.30. The van der Waals surface area contributed by atoms with Crippen molar-refractivity contribution in [2.45, 2.75) is 6.54 Å². The van der Waals surface area contributed by atoms with Gasteiger partial charge in [-0.1, -0.05) is 41.7 Å². The van der Waals surface area contributed by atoms with Gasteiger partial charge in [0.2, 0.25) is 10.1 Å². The van der Waals surface area contributed by atoms with E-state index in [4.69, 9.17) is 0 Å². The molecule has 0 spiro atoms.